The van der Waals surface area contributed by atoms with Gasteiger partial charge in [0.25, 0.3) is 11.8 Å². The van der Waals surface area contributed by atoms with Gasteiger partial charge in [0.05, 0.1) is 18.4 Å². The van der Waals surface area contributed by atoms with Crippen molar-refractivity contribution in [3.8, 4) is 5.69 Å². The van der Waals surface area contributed by atoms with Crippen LogP contribution in [0.5, 0.6) is 0 Å². The Labute approximate surface area is 209 Å². The fraction of sp³-hybridized carbons (Fsp3) is 0.214. The lowest BCUT2D eigenvalue weighted by molar-refractivity contribution is -0.122. The number of benzene rings is 2. The van der Waals surface area contributed by atoms with Crippen molar-refractivity contribution in [1.29, 1.82) is 0 Å². The molecule has 36 heavy (non-hydrogen) atoms. The number of hydrogen-bond acceptors (Lipinski definition) is 5. The highest BCUT2D eigenvalue weighted by Gasteiger charge is 2.37. The number of carbonyl (C=O) groups excluding carboxylic acids is 4. The normalized spacial score (nSPS) is 14.9. The summed E-state index contributed by atoms with van der Waals surface area (Å²) in [5.41, 5.74) is 6.56. The molecule has 0 spiro atoms. The zero-order chi connectivity index (χ0) is 26.3. The van der Waals surface area contributed by atoms with Crippen molar-refractivity contribution in [3.63, 3.8) is 0 Å². The topological polar surface area (TPSA) is 97.7 Å². The average Bonchev–Trinajstić information content (AvgIpc) is 3.11. The number of anilines is 1. The number of aryl methyl sites for hydroxylation is 4. The van der Waals surface area contributed by atoms with Crippen LogP contribution in [0.2, 0.25) is 0 Å². The molecular formula is C28H27N3O5. The molecule has 1 aliphatic heterocycles. The summed E-state index contributed by atoms with van der Waals surface area (Å²) in [7, 11) is 1.33. The molecule has 1 N–H and O–H groups in total. The van der Waals surface area contributed by atoms with E-state index in [1.165, 1.54) is 13.2 Å². The van der Waals surface area contributed by atoms with Gasteiger partial charge in [-0.05, 0) is 93.3 Å². The van der Waals surface area contributed by atoms with Crippen molar-refractivity contribution in [1.82, 2.24) is 9.88 Å². The first-order chi connectivity index (χ1) is 17.0. The number of nitrogens with one attached hydrogen (secondary N) is 1. The van der Waals surface area contributed by atoms with E-state index >= 15 is 0 Å². The predicted octanol–water partition coefficient (Wildman–Crippen LogP) is 4.47. The summed E-state index contributed by atoms with van der Waals surface area (Å²) >= 11 is 0. The van der Waals surface area contributed by atoms with Crippen LogP contribution in [-0.4, -0.2) is 35.5 Å². The first-order valence-corrected chi connectivity index (χ1v) is 11.4. The fourth-order valence-electron chi connectivity index (χ4n) is 4.31. The van der Waals surface area contributed by atoms with Gasteiger partial charge in [0.15, 0.2) is 0 Å². The van der Waals surface area contributed by atoms with E-state index in [1.807, 2.05) is 57.4 Å². The van der Waals surface area contributed by atoms with E-state index < -0.39 is 23.8 Å². The second-order valence-electron chi connectivity index (χ2n) is 8.88. The van der Waals surface area contributed by atoms with Crippen molar-refractivity contribution in [2.45, 2.75) is 34.6 Å². The number of urea groups is 1. The highest BCUT2D eigenvalue weighted by atomic mass is 16.5. The van der Waals surface area contributed by atoms with Gasteiger partial charge in [-0.1, -0.05) is 12.1 Å². The lowest BCUT2D eigenvalue weighted by Gasteiger charge is -2.26. The summed E-state index contributed by atoms with van der Waals surface area (Å²) in [6.45, 7) is 9.51. The van der Waals surface area contributed by atoms with Crippen LogP contribution >= 0.6 is 0 Å². The van der Waals surface area contributed by atoms with E-state index in [-0.39, 0.29) is 5.57 Å². The van der Waals surface area contributed by atoms with Gasteiger partial charge in [0.2, 0.25) is 0 Å². The molecule has 3 aromatic rings. The van der Waals surface area contributed by atoms with Gasteiger partial charge in [0, 0.05) is 17.1 Å². The number of nitrogens with zero attached hydrogens (tertiary/aromatic N) is 2. The molecule has 0 unspecified atom stereocenters. The van der Waals surface area contributed by atoms with Crippen LogP contribution in [0.25, 0.3) is 11.8 Å². The van der Waals surface area contributed by atoms with Crippen LogP contribution in [0.4, 0.5) is 10.5 Å². The highest BCUT2D eigenvalue weighted by molar-refractivity contribution is 6.39. The quantitative estimate of drug-likeness (QED) is 0.334. The van der Waals surface area contributed by atoms with Crippen molar-refractivity contribution < 1.29 is 23.9 Å². The predicted molar refractivity (Wildman–Crippen MR) is 136 cm³/mol. The van der Waals surface area contributed by atoms with Crippen LogP contribution in [0.15, 0.2) is 48.0 Å². The first kappa shape index (κ1) is 24.7. The minimum absolute atomic E-state index is 0.145. The van der Waals surface area contributed by atoms with E-state index in [9.17, 15) is 19.2 Å². The van der Waals surface area contributed by atoms with Crippen LogP contribution in [-0.2, 0) is 14.3 Å². The number of esters is 1. The molecule has 0 radical (unpaired) electrons. The molecule has 0 bridgehead atoms. The molecule has 2 heterocycles. The molecule has 1 aromatic heterocycles. The zero-order valence-corrected chi connectivity index (χ0v) is 21.1. The van der Waals surface area contributed by atoms with E-state index in [0.29, 0.717) is 16.8 Å². The third kappa shape index (κ3) is 4.22. The summed E-state index contributed by atoms with van der Waals surface area (Å²) in [6, 6.07) is 11.6. The van der Waals surface area contributed by atoms with Crippen LogP contribution < -0.4 is 10.2 Å². The summed E-state index contributed by atoms with van der Waals surface area (Å²) in [5.74, 6) is -1.89. The second kappa shape index (κ2) is 9.30. The van der Waals surface area contributed by atoms with Gasteiger partial charge in [-0.2, -0.15) is 0 Å². The largest absolute Gasteiger partial charge is 0.465 e. The van der Waals surface area contributed by atoms with Gasteiger partial charge < -0.3 is 9.30 Å². The zero-order valence-electron chi connectivity index (χ0n) is 21.1. The summed E-state index contributed by atoms with van der Waals surface area (Å²) in [5, 5.41) is 2.27. The maximum absolute atomic E-state index is 13.3. The van der Waals surface area contributed by atoms with Crippen molar-refractivity contribution in [2.24, 2.45) is 0 Å². The second-order valence-corrected chi connectivity index (χ2v) is 8.88. The van der Waals surface area contributed by atoms with E-state index in [0.717, 1.165) is 38.7 Å². The Balaban J connectivity index is 1.79. The molecule has 184 valence electrons. The lowest BCUT2D eigenvalue weighted by atomic mass is 10.1. The Morgan fingerprint density at radius 3 is 2.25 bits per heavy atom. The molecule has 4 rings (SSSR count). The number of amides is 4. The highest BCUT2D eigenvalue weighted by Crippen LogP contribution is 2.28. The number of rotatable bonds is 4. The Kier molecular flexibility index (Phi) is 6.37. The maximum Gasteiger partial charge on any atom is 0.337 e. The van der Waals surface area contributed by atoms with Crippen LogP contribution in [0.3, 0.4) is 0 Å². The summed E-state index contributed by atoms with van der Waals surface area (Å²) in [4.78, 5) is 51.7. The van der Waals surface area contributed by atoms with E-state index in [2.05, 4.69) is 5.32 Å². The number of methoxy groups -OCH3 is 1. The Hall–Kier alpha value is -4.46. The molecule has 0 aliphatic carbocycles. The molecular weight excluding hydrogens is 458 g/mol. The maximum atomic E-state index is 13.3. The molecule has 1 saturated heterocycles. The van der Waals surface area contributed by atoms with E-state index in [4.69, 9.17) is 4.74 Å². The average molecular weight is 486 g/mol. The fourth-order valence-corrected chi connectivity index (χ4v) is 4.31. The minimum Gasteiger partial charge on any atom is -0.465 e. The minimum atomic E-state index is -0.786. The van der Waals surface area contributed by atoms with Crippen molar-refractivity contribution in [2.75, 3.05) is 12.0 Å². The van der Waals surface area contributed by atoms with Gasteiger partial charge >= 0.3 is 12.0 Å². The number of carbonyl (C=O) groups is 4. The summed E-state index contributed by atoms with van der Waals surface area (Å²) < 4.78 is 6.80. The molecule has 8 heteroatoms. The Morgan fingerprint density at radius 2 is 1.58 bits per heavy atom. The molecule has 2 aromatic carbocycles. The third-order valence-corrected chi connectivity index (χ3v) is 6.49. The molecule has 1 aliphatic rings. The standard InChI is InChI=1S/C28H27N3O5/c1-15-8-10-22(11-17(15)3)31-26(33)23(25(32)29-28(31)35)13-21-12-18(4)30(19(21)5)24-14-20(27(34)36-6)9-7-16(24)2/h7-14H,1-6H3,(H,29,32,35)/b23-13+. The monoisotopic (exact) mass is 485 g/mol. The summed E-state index contributed by atoms with van der Waals surface area (Å²) in [6.07, 6.45) is 1.50. The smallest absolute Gasteiger partial charge is 0.337 e. The number of barbiturate groups is 1. The van der Waals surface area contributed by atoms with Gasteiger partial charge in [-0.25, -0.2) is 14.5 Å². The van der Waals surface area contributed by atoms with E-state index in [1.54, 1.807) is 24.3 Å². The Morgan fingerprint density at radius 1 is 0.889 bits per heavy atom. The molecule has 8 nitrogen and oxygen atoms in total. The molecule has 0 saturated carbocycles. The third-order valence-electron chi connectivity index (χ3n) is 6.49. The first-order valence-electron chi connectivity index (χ1n) is 11.4. The number of aromatic nitrogens is 1. The number of imide groups is 2. The Bertz CT molecular complexity index is 1480. The number of ether oxygens (including phenoxy) is 1. The molecule has 0 atom stereocenters. The SMILES string of the molecule is COC(=O)c1ccc(C)c(-n2c(C)cc(/C=C3\C(=O)NC(=O)N(c4ccc(C)c(C)c4)C3=O)c2C)c1. The molecule has 4 amide bonds. The van der Waals surface area contributed by atoms with Crippen LogP contribution in [0, 0.1) is 34.6 Å². The van der Waals surface area contributed by atoms with Gasteiger partial charge in [-0.3, -0.25) is 14.9 Å². The van der Waals surface area contributed by atoms with Crippen molar-refractivity contribution in [3.05, 3.63) is 87.2 Å². The molecule has 1 fully saturated rings. The lowest BCUT2D eigenvalue weighted by Crippen LogP contribution is -2.54. The van der Waals surface area contributed by atoms with Crippen LogP contribution in [0.1, 0.15) is 44.0 Å². The number of hydrogen-bond donors (Lipinski definition) is 1. The van der Waals surface area contributed by atoms with Gasteiger partial charge in [-0.15, -0.1) is 0 Å². The van der Waals surface area contributed by atoms with Gasteiger partial charge in [0.1, 0.15) is 5.57 Å². The van der Waals surface area contributed by atoms with Crippen molar-refractivity contribution >= 4 is 35.6 Å².